The summed E-state index contributed by atoms with van der Waals surface area (Å²) in [5.74, 6) is 0. The van der Waals surface area contributed by atoms with Crippen molar-refractivity contribution < 1.29 is 0 Å². The molecule has 33 heavy (non-hydrogen) atoms. The molecule has 0 spiro atoms. The van der Waals surface area contributed by atoms with Crippen LogP contribution >= 0.6 is 11.3 Å². The number of nitrogens with one attached hydrogen (secondary N) is 2. The van der Waals surface area contributed by atoms with E-state index < -0.39 is 0 Å². The highest BCUT2D eigenvalue weighted by Gasteiger charge is 2.14. The Labute approximate surface area is 197 Å². The lowest BCUT2D eigenvalue weighted by atomic mass is 10.0. The fourth-order valence-electron chi connectivity index (χ4n) is 4.08. The van der Waals surface area contributed by atoms with Crippen LogP contribution in [0, 0.1) is 13.8 Å². The molecule has 3 aromatic heterocycles. The number of hydrogen-bond acceptors (Lipinski definition) is 5. The molecule has 3 heterocycles. The largest absolute Gasteiger partial charge is 0.382 e. The topological polar surface area (TPSA) is 79.6 Å². The second kappa shape index (κ2) is 9.17. The number of thiophene rings is 1. The summed E-state index contributed by atoms with van der Waals surface area (Å²) >= 11 is 1.76. The lowest BCUT2D eigenvalue weighted by molar-refractivity contribution is 0.699. The summed E-state index contributed by atoms with van der Waals surface area (Å²) in [6.45, 7) is 4.85. The minimum atomic E-state index is 0.0143. The van der Waals surface area contributed by atoms with E-state index in [1.54, 1.807) is 11.3 Å². The molecule has 0 fully saturated rings. The summed E-state index contributed by atoms with van der Waals surface area (Å²) in [6.07, 6.45) is 2.74. The van der Waals surface area contributed by atoms with Gasteiger partial charge in [0.2, 0.25) is 0 Å². The van der Waals surface area contributed by atoms with Crippen LogP contribution in [-0.2, 0) is 6.42 Å². The van der Waals surface area contributed by atoms with Gasteiger partial charge in [-0.05, 0) is 61.7 Å². The average molecular weight is 454 g/mol. The summed E-state index contributed by atoms with van der Waals surface area (Å²) < 4.78 is 0. The van der Waals surface area contributed by atoms with Gasteiger partial charge in [-0.15, -0.1) is 11.3 Å². The normalized spacial score (nSPS) is 12.2. The number of aromatic amines is 1. The van der Waals surface area contributed by atoms with Crippen LogP contribution in [0.3, 0.4) is 0 Å². The van der Waals surface area contributed by atoms with Crippen LogP contribution in [0.4, 0.5) is 5.69 Å². The molecule has 0 radical (unpaired) electrons. The molecule has 0 aliphatic rings. The molecule has 0 saturated carbocycles. The Balaban J connectivity index is 1.45. The first-order chi connectivity index (χ1) is 16.1. The van der Waals surface area contributed by atoms with E-state index in [2.05, 4.69) is 83.1 Å². The number of aromatic nitrogens is 3. The first-order valence-electron chi connectivity index (χ1n) is 11.1. The molecule has 6 heteroatoms. The summed E-state index contributed by atoms with van der Waals surface area (Å²) in [5.41, 5.74) is 13.9. The maximum Gasteiger partial charge on any atom is 0.0924 e. The molecule has 0 amide bonds. The summed E-state index contributed by atoms with van der Waals surface area (Å²) in [4.78, 5) is 7.31. The number of rotatable bonds is 7. The molecule has 5 rings (SSSR count). The number of aryl methyl sites for hydroxylation is 2. The fraction of sp³-hybridized carbons (Fsp3) is 0.185. The van der Waals surface area contributed by atoms with Gasteiger partial charge in [0, 0.05) is 34.1 Å². The fourth-order valence-corrected chi connectivity index (χ4v) is 4.96. The summed E-state index contributed by atoms with van der Waals surface area (Å²) in [6, 6.07) is 23.2. The van der Waals surface area contributed by atoms with Crippen molar-refractivity contribution in [3.63, 3.8) is 0 Å². The van der Waals surface area contributed by atoms with Gasteiger partial charge in [-0.25, -0.2) is 0 Å². The predicted octanol–water partition coefficient (Wildman–Crippen LogP) is 5.95. The molecule has 5 aromatic rings. The van der Waals surface area contributed by atoms with Gasteiger partial charge in [0.25, 0.3) is 0 Å². The molecule has 0 aliphatic heterocycles. The number of hydrogen-bond donors (Lipinski definition) is 3. The number of H-pyrrole nitrogens is 1. The second-order valence-electron chi connectivity index (χ2n) is 8.44. The lowest BCUT2D eigenvalue weighted by Crippen LogP contribution is -2.31. The van der Waals surface area contributed by atoms with Gasteiger partial charge in [0.15, 0.2) is 0 Å². The molecule has 4 N–H and O–H groups in total. The summed E-state index contributed by atoms with van der Waals surface area (Å²) in [7, 11) is 0. The van der Waals surface area contributed by atoms with Crippen LogP contribution in [0.15, 0.2) is 72.9 Å². The number of nitrogens with zero attached hydrogens (tertiary/aromatic N) is 2. The number of anilines is 1. The molecular weight excluding hydrogens is 426 g/mol. The van der Waals surface area contributed by atoms with Crippen LogP contribution in [0.2, 0.25) is 0 Å². The van der Waals surface area contributed by atoms with Gasteiger partial charge in [-0.3, -0.25) is 10.1 Å². The van der Waals surface area contributed by atoms with Crippen molar-refractivity contribution >= 4 is 27.9 Å². The number of nitrogens with two attached hydrogens (primary N) is 1. The smallest absolute Gasteiger partial charge is 0.0924 e. The Morgan fingerprint density at radius 1 is 1.03 bits per heavy atom. The lowest BCUT2D eigenvalue weighted by Gasteiger charge is -2.16. The second-order valence-corrected chi connectivity index (χ2v) is 9.73. The molecule has 0 unspecified atom stereocenters. The highest BCUT2D eigenvalue weighted by molar-refractivity contribution is 7.15. The van der Waals surface area contributed by atoms with E-state index in [4.69, 9.17) is 10.7 Å². The highest BCUT2D eigenvalue weighted by Crippen LogP contribution is 2.37. The first kappa shape index (κ1) is 21.4. The van der Waals surface area contributed by atoms with Gasteiger partial charge in [-0.1, -0.05) is 36.4 Å². The zero-order valence-corrected chi connectivity index (χ0v) is 19.6. The highest BCUT2D eigenvalue weighted by atomic mass is 32.1. The van der Waals surface area contributed by atoms with E-state index in [0.29, 0.717) is 6.54 Å². The average Bonchev–Trinajstić information content (AvgIpc) is 3.43. The molecule has 0 saturated heterocycles. The van der Waals surface area contributed by atoms with Crippen molar-refractivity contribution in [2.24, 2.45) is 5.73 Å². The maximum atomic E-state index is 6.40. The Hall–Kier alpha value is -3.48. The van der Waals surface area contributed by atoms with Gasteiger partial charge < -0.3 is 11.1 Å². The van der Waals surface area contributed by atoms with Crippen molar-refractivity contribution in [2.45, 2.75) is 26.3 Å². The number of fused-ring (bicyclic) bond motifs is 1. The molecule has 5 nitrogen and oxygen atoms in total. The molecule has 0 aliphatic carbocycles. The van der Waals surface area contributed by atoms with Crippen LogP contribution in [0.5, 0.6) is 0 Å². The van der Waals surface area contributed by atoms with Crippen LogP contribution < -0.4 is 11.1 Å². The monoisotopic (exact) mass is 453 g/mol. The Bertz CT molecular complexity index is 1390. The minimum absolute atomic E-state index is 0.0143. The number of pyridine rings is 1. The van der Waals surface area contributed by atoms with Crippen molar-refractivity contribution in [3.8, 4) is 21.7 Å². The van der Waals surface area contributed by atoms with E-state index >= 15 is 0 Å². The quantitative estimate of drug-likeness (QED) is 0.284. The van der Waals surface area contributed by atoms with E-state index in [1.165, 1.54) is 15.3 Å². The molecule has 2 aromatic carbocycles. The Morgan fingerprint density at radius 2 is 1.88 bits per heavy atom. The predicted molar refractivity (Wildman–Crippen MR) is 139 cm³/mol. The first-order valence-corrected chi connectivity index (χ1v) is 11.9. The molecular formula is C27H27N5S. The molecule has 1 atom stereocenters. The Kier molecular flexibility index (Phi) is 5.94. The standard InChI is InChI=1S/C27H27N5S/c1-17-8-11-26(33-17)27-24(20-9-10-25-23(13-20)18(2)31-32-25)14-22(16-30-27)29-15-21(28)12-19-6-4-3-5-7-19/h3-11,13-14,16,21,29H,12,15,28H2,1-2H3,(H,31,32)/t21-/m1/s1. The van der Waals surface area contributed by atoms with Gasteiger partial charge >= 0.3 is 0 Å². The van der Waals surface area contributed by atoms with E-state index in [0.717, 1.165) is 45.5 Å². The van der Waals surface area contributed by atoms with Crippen LogP contribution in [0.1, 0.15) is 16.1 Å². The van der Waals surface area contributed by atoms with Gasteiger partial charge in [0.05, 0.1) is 28.0 Å². The SMILES string of the molecule is Cc1ccc(-c2ncc(NC[C@H](N)Cc3ccccc3)cc2-c2ccc3n[nH]c(C)c3c2)s1. The minimum Gasteiger partial charge on any atom is -0.382 e. The van der Waals surface area contributed by atoms with E-state index in [1.807, 2.05) is 19.2 Å². The zero-order chi connectivity index (χ0) is 22.8. The zero-order valence-electron chi connectivity index (χ0n) is 18.8. The third-order valence-electron chi connectivity index (χ3n) is 5.83. The van der Waals surface area contributed by atoms with Crippen molar-refractivity contribution in [1.29, 1.82) is 0 Å². The summed E-state index contributed by atoms with van der Waals surface area (Å²) in [5, 5.41) is 12.1. The van der Waals surface area contributed by atoms with Gasteiger partial charge in [0.1, 0.15) is 0 Å². The van der Waals surface area contributed by atoms with Crippen molar-refractivity contribution in [3.05, 3.63) is 89.1 Å². The van der Waals surface area contributed by atoms with Crippen LogP contribution in [0.25, 0.3) is 32.6 Å². The van der Waals surface area contributed by atoms with Crippen molar-refractivity contribution in [2.75, 3.05) is 11.9 Å². The number of benzene rings is 2. The molecule has 166 valence electrons. The Morgan fingerprint density at radius 3 is 2.67 bits per heavy atom. The van der Waals surface area contributed by atoms with Crippen LogP contribution in [-0.4, -0.2) is 27.8 Å². The van der Waals surface area contributed by atoms with Gasteiger partial charge in [-0.2, -0.15) is 5.10 Å². The maximum absolute atomic E-state index is 6.40. The van der Waals surface area contributed by atoms with E-state index in [9.17, 15) is 0 Å². The third-order valence-corrected chi connectivity index (χ3v) is 6.83. The van der Waals surface area contributed by atoms with E-state index in [-0.39, 0.29) is 6.04 Å². The third kappa shape index (κ3) is 4.67. The van der Waals surface area contributed by atoms with Crippen molar-refractivity contribution in [1.82, 2.24) is 15.2 Å². The molecule has 0 bridgehead atoms.